The largest absolute Gasteiger partial charge is 0.361 e. The predicted octanol–water partition coefficient (Wildman–Crippen LogP) is 1.28. The van der Waals surface area contributed by atoms with E-state index in [-0.39, 0.29) is 6.04 Å². The minimum absolute atomic E-state index is 0.0700. The Morgan fingerprint density at radius 1 is 1.33 bits per heavy atom. The molecule has 4 rings (SSSR count). The van der Waals surface area contributed by atoms with E-state index in [0.717, 1.165) is 19.4 Å². The fourth-order valence-corrected chi connectivity index (χ4v) is 5.15. The van der Waals surface area contributed by atoms with Crippen LogP contribution in [0, 0.1) is 0 Å². The van der Waals surface area contributed by atoms with E-state index in [1.807, 2.05) is 0 Å². The minimum Gasteiger partial charge on any atom is -0.361 e. The summed E-state index contributed by atoms with van der Waals surface area (Å²) in [7, 11) is 1.81. The number of piperidine rings is 1. The molecule has 0 spiro atoms. The van der Waals surface area contributed by atoms with Gasteiger partial charge in [-0.3, -0.25) is 0 Å². The minimum atomic E-state index is -3.41. The molecule has 1 aromatic heterocycles. The number of likely N-dealkylation sites (tertiary alicyclic amines) is 1. The lowest BCUT2D eigenvalue weighted by Gasteiger charge is -2.45. The molecule has 1 aliphatic heterocycles. The number of likely N-dealkylation sites (N-methyl/N-ethyl adjacent to an activating group) is 1. The van der Waals surface area contributed by atoms with E-state index >= 15 is 0 Å². The van der Waals surface area contributed by atoms with E-state index in [9.17, 15) is 8.42 Å². The summed E-state index contributed by atoms with van der Waals surface area (Å²) < 4.78 is 28.5. The predicted molar refractivity (Wildman–Crippen MR) is 95.3 cm³/mol. The molecular formula is C17H24N4O2S. The van der Waals surface area contributed by atoms with Gasteiger partial charge in [-0.2, -0.15) is 17.4 Å². The summed E-state index contributed by atoms with van der Waals surface area (Å²) in [4.78, 5) is 5.68. The summed E-state index contributed by atoms with van der Waals surface area (Å²) in [6.07, 6.45) is 3.98. The van der Waals surface area contributed by atoms with Gasteiger partial charge in [0.1, 0.15) is 0 Å². The molecule has 2 heterocycles. The maximum atomic E-state index is 12.2. The van der Waals surface area contributed by atoms with Crippen molar-refractivity contribution in [3.63, 3.8) is 0 Å². The molecular weight excluding hydrogens is 324 g/mol. The normalized spacial score (nSPS) is 27.6. The maximum Gasteiger partial charge on any atom is 0.279 e. The van der Waals surface area contributed by atoms with Crippen molar-refractivity contribution in [2.75, 3.05) is 27.7 Å². The number of fused-ring (bicyclic) bond motifs is 2. The molecule has 2 aromatic rings. The second-order valence-electron chi connectivity index (χ2n) is 7.24. The van der Waals surface area contributed by atoms with Crippen molar-refractivity contribution in [1.82, 2.24) is 18.9 Å². The van der Waals surface area contributed by atoms with Gasteiger partial charge < -0.3 is 9.88 Å². The summed E-state index contributed by atoms with van der Waals surface area (Å²) in [5.41, 5.74) is 3.90. The number of aromatic amines is 1. The van der Waals surface area contributed by atoms with Gasteiger partial charge in [0.05, 0.1) is 0 Å². The Morgan fingerprint density at radius 2 is 2.12 bits per heavy atom. The van der Waals surface area contributed by atoms with Gasteiger partial charge in [0.2, 0.25) is 0 Å². The average Bonchev–Trinajstić information content (AvgIpc) is 2.93. The standard InChI is InChI=1S/C17H24N4O2S/c1-20(2)24(22,23)19-12-8-14-13-5-4-6-15-17(13)11(9-18-15)7-16(14)21(3)10-12/h4-6,9,12,14,16,18-19H,7-8,10H2,1-3H3/t12?,14-,16-/m1/s1. The molecule has 1 fully saturated rings. The summed E-state index contributed by atoms with van der Waals surface area (Å²) in [6.45, 7) is 0.740. The molecule has 2 N–H and O–H groups in total. The van der Waals surface area contributed by atoms with Crippen LogP contribution in [0.25, 0.3) is 10.9 Å². The van der Waals surface area contributed by atoms with Crippen LogP contribution in [0.15, 0.2) is 24.4 Å². The van der Waals surface area contributed by atoms with Crippen LogP contribution >= 0.6 is 0 Å². The highest BCUT2D eigenvalue weighted by molar-refractivity contribution is 7.87. The molecule has 0 bridgehead atoms. The Balaban J connectivity index is 1.69. The van der Waals surface area contributed by atoms with Gasteiger partial charge in [0.25, 0.3) is 10.2 Å². The van der Waals surface area contributed by atoms with Crippen LogP contribution in [0.2, 0.25) is 0 Å². The van der Waals surface area contributed by atoms with Gasteiger partial charge in [-0.15, -0.1) is 0 Å². The van der Waals surface area contributed by atoms with Crippen molar-refractivity contribution in [2.45, 2.75) is 30.8 Å². The van der Waals surface area contributed by atoms with Gasteiger partial charge in [-0.1, -0.05) is 12.1 Å². The summed E-state index contributed by atoms with van der Waals surface area (Å²) in [5, 5.41) is 1.34. The molecule has 3 atom stereocenters. The maximum absolute atomic E-state index is 12.2. The molecule has 7 heteroatoms. The summed E-state index contributed by atoms with van der Waals surface area (Å²) in [5.74, 6) is 0.352. The van der Waals surface area contributed by atoms with E-state index in [1.165, 1.54) is 26.3 Å². The lowest BCUT2D eigenvalue weighted by atomic mass is 9.74. The zero-order valence-corrected chi connectivity index (χ0v) is 15.1. The second kappa shape index (κ2) is 5.56. The molecule has 0 saturated carbocycles. The van der Waals surface area contributed by atoms with Crippen molar-refractivity contribution < 1.29 is 8.42 Å². The number of H-pyrrole nitrogens is 1. The molecule has 6 nitrogen and oxygen atoms in total. The number of hydrogen-bond acceptors (Lipinski definition) is 3. The fourth-order valence-electron chi connectivity index (χ4n) is 4.34. The molecule has 24 heavy (non-hydrogen) atoms. The second-order valence-corrected chi connectivity index (χ2v) is 9.16. The number of nitrogens with zero attached hydrogens (tertiary/aromatic N) is 2. The average molecular weight is 348 g/mol. The fraction of sp³-hybridized carbons (Fsp3) is 0.529. The summed E-state index contributed by atoms with van der Waals surface area (Å²) >= 11 is 0. The smallest absolute Gasteiger partial charge is 0.279 e. The Kier molecular flexibility index (Phi) is 3.72. The van der Waals surface area contributed by atoms with Crippen molar-refractivity contribution in [3.05, 3.63) is 35.5 Å². The van der Waals surface area contributed by atoms with Gasteiger partial charge >= 0.3 is 0 Å². The summed E-state index contributed by atoms with van der Waals surface area (Å²) in [6, 6.07) is 6.76. The highest BCUT2D eigenvalue weighted by Crippen LogP contribution is 2.42. The zero-order chi connectivity index (χ0) is 17.1. The molecule has 1 aromatic carbocycles. The first-order valence-corrected chi connectivity index (χ1v) is 9.79. The van der Waals surface area contributed by atoms with Crippen molar-refractivity contribution in [3.8, 4) is 0 Å². The highest BCUT2D eigenvalue weighted by Gasteiger charge is 2.40. The third-order valence-corrected chi connectivity index (χ3v) is 7.11. The third kappa shape index (κ3) is 2.47. The van der Waals surface area contributed by atoms with Gasteiger partial charge in [-0.05, 0) is 37.1 Å². The Bertz CT molecular complexity index is 874. The quantitative estimate of drug-likeness (QED) is 0.878. The van der Waals surface area contributed by atoms with Crippen molar-refractivity contribution in [2.24, 2.45) is 0 Å². The Morgan fingerprint density at radius 3 is 2.88 bits per heavy atom. The number of aromatic nitrogens is 1. The first-order valence-electron chi connectivity index (χ1n) is 8.35. The molecule has 0 radical (unpaired) electrons. The lowest BCUT2D eigenvalue weighted by Crippen LogP contribution is -2.56. The number of nitrogens with one attached hydrogen (secondary N) is 2. The van der Waals surface area contributed by atoms with E-state index in [0.29, 0.717) is 12.0 Å². The number of rotatable bonds is 3. The molecule has 1 saturated heterocycles. The van der Waals surface area contributed by atoms with Crippen LogP contribution < -0.4 is 4.72 Å². The van der Waals surface area contributed by atoms with Crippen LogP contribution in [-0.2, 0) is 16.6 Å². The molecule has 1 aliphatic carbocycles. The van der Waals surface area contributed by atoms with E-state index in [4.69, 9.17) is 0 Å². The van der Waals surface area contributed by atoms with E-state index < -0.39 is 10.2 Å². The Hall–Kier alpha value is -1.41. The first kappa shape index (κ1) is 16.1. The van der Waals surface area contributed by atoms with Crippen molar-refractivity contribution in [1.29, 1.82) is 0 Å². The zero-order valence-electron chi connectivity index (χ0n) is 14.3. The number of benzene rings is 1. The van der Waals surface area contributed by atoms with Crippen LogP contribution in [0.4, 0.5) is 0 Å². The monoisotopic (exact) mass is 348 g/mol. The molecule has 0 amide bonds. The van der Waals surface area contributed by atoms with Gasteiger partial charge in [0.15, 0.2) is 0 Å². The molecule has 2 aliphatic rings. The van der Waals surface area contributed by atoms with Crippen molar-refractivity contribution >= 4 is 21.1 Å². The lowest BCUT2D eigenvalue weighted by molar-refractivity contribution is 0.135. The van der Waals surface area contributed by atoms with Crippen LogP contribution in [0.5, 0.6) is 0 Å². The van der Waals surface area contributed by atoms with Gasteiger partial charge in [-0.25, -0.2) is 0 Å². The van der Waals surface area contributed by atoms with Crippen LogP contribution in [0.1, 0.15) is 23.5 Å². The van der Waals surface area contributed by atoms with Crippen LogP contribution in [-0.4, -0.2) is 62.4 Å². The topological polar surface area (TPSA) is 68.4 Å². The van der Waals surface area contributed by atoms with Gasteiger partial charge in [0, 0.05) is 55.7 Å². The first-order chi connectivity index (χ1) is 11.4. The third-order valence-electron chi connectivity index (χ3n) is 5.52. The molecule has 130 valence electrons. The van der Waals surface area contributed by atoms with E-state index in [1.54, 1.807) is 14.1 Å². The van der Waals surface area contributed by atoms with Crippen LogP contribution in [0.3, 0.4) is 0 Å². The SMILES string of the molecule is CN1CC(NS(=O)(=O)N(C)C)C[C@@H]2c3cccc4[nH]cc(c34)C[C@H]21. The van der Waals surface area contributed by atoms with E-state index in [2.05, 4.69) is 46.0 Å². The number of hydrogen-bond donors (Lipinski definition) is 2. The highest BCUT2D eigenvalue weighted by atomic mass is 32.2. The molecule has 1 unspecified atom stereocenters. The Labute approximate surface area is 143 Å².